The van der Waals surface area contributed by atoms with Gasteiger partial charge in [-0.2, -0.15) is 0 Å². The number of hydrogen-bond donors (Lipinski definition) is 1. The van der Waals surface area contributed by atoms with E-state index in [0.29, 0.717) is 0 Å². The zero-order chi connectivity index (χ0) is 13.4. The third-order valence-electron chi connectivity index (χ3n) is 3.57. The van der Waals surface area contributed by atoms with Crippen molar-refractivity contribution in [2.45, 2.75) is 40.2 Å². The predicted octanol–water partition coefficient (Wildman–Crippen LogP) is 3.38. The zero-order valence-corrected chi connectivity index (χ0v) is 12.2. The summed E-state index contributed by atoms with van der Waals surface area (Å²) in [6, 6.07) is 6.18. The fourth-order valence-corrected chi connectivity index (χ4v) is 2.15. The SMILES string of the molecule is CCC(CC)CN(CC)Cc1cccc(NC)n1. The second-order valence-electron chi connectivity index (χ2n) is 4.77. The van der Waals surface area contributed by atoms with Gasteiger partial charge in [-0.05, 0) is 24.6 Å². The highest BCUT2D eigenvalue weighted by molar-refractivity contribution is 5.34. The Kier molecular flexibility index (Phi) is 6.73. The molecule has 1 rings (SSSR count). The number of pyridine rings is 1. The topological polar surface area (TPSA) is 28.2 Å². The third-order valence-corrected chi connectivity index (χ3v) is 3.57. The fraction of sp³-hybridized carbons (Fsp3) is 0.667. The minimum atomic E-state index is 0.803. The summed E-state index contributed by atoms with van der Waals surface area (Å²) >= 11 is 0. The van der Waals surface area contributed by atoms with Gasteiger partial charge in [0.2, 0.25) is 0 Å². The third kappa shape index (κ3) is 4.65. The average Bonchev–Trinajstić information content (AvgIpc) is 2.43. The lowest BCUT2D eigenvalue weighted by Crippen LogP contribution is -2.29. The maximum atomic E-state index is 4.59. The molecule has 1 aromatic heterocycles. The van der Waals surface area contributed by atoms with Crippen LogP contribution >= 0.6 is 0 Å². The van der Waals surface area contributed by atoms with Gasteiger partial charge in [0, 0.05) is 20.1 Å². The normalized spacial score (nSPS) is 11.2. The summed E-state index contributed by atoms with van der Waals surface area (Å²) < 4.78 is 0. The predicted molar refractivity (Wildman–Crippen MR) is 78.8 cm³/mol. The van der Waals surface area contributed by atoms with Gasteiger partial charge in [-0.3, -0.25) is 4.90 Å². The first-order valence-corrected chi connectivity index (χ1v) is 7.09. The van der Waals surface area contributed by atoms with Crippen LogP contribution in [0.2, 0.25) is 0 Å². The minimum absolute atomic E-state index is 0.803. The molecule has 0 unspecified atom stereocenters. The van der Waals surface area contributed by atoms with Crippen molar-refractivity contribution in [3.05, 3.63) is 23.9 Å². The maximum absolute atomic E-state index is 4.59. The molecule has 3 nitrogen and oxygen atoms in total. The van der Waals surface area contributed by atoms with Crippen LogP contribution in [0.15, 0.2) is 18.2 Å². The van der Waals surface area contributed by atoms with Crippen molar-refractivity contribution in [3.63, 3.8) is 0 Å². The molecule has 0 aliphatic carbocycles. The molecule has 0 atom stereocenters. The quantitative estimate of drug-likeness (QED) is 0.765. The van der Waals surface area contributed by atoms with Gasteiger partial charge in [-0.15, -0.1) is 0 Å². The molecule has 0 saturated heterocycles. The molecule has 1 heterocycles. The van der Waals surface area contributed by atoms with Crippen molar-refractivity contribution in [2.24, 2.45) is 5.92 Å². The molecule has 18 heavy (non-hydrogen) atoms. The second-order valence-corrected chi connectivity index (χ2v) is 4.77. The summed E-state index contributed by atoms with van der Waals surface area (Å²) in [6.07, 6.45) is 2.52. The monoisotopic (exact) mass is 249 g/mol. The fourth-order valence-electron chi connectivity index (χ4n) is 2.15. The molecule has 0 radical (unpaired) electrons. The van der Waals surface area contributed by atoms with Crippen LogP contribution in [0.4, 0.5) is 5.82 Å². The number of hydrogen-bond acceptors (Lipinski definition) is 3. The standard InChI is InChI=1S/C15H27N3/c1-5-13(6-2)11-18(7-3)12-14-9-8-10-15(16-4)17-14/h8-10,13H,5-7,11-12H2,1-4H3,(H,16,17). The molecule has 1 aromatic rings. The van der Waals surface area contributed by atoms with Gasteiger partial charge < -0.3 is 5.32 Å². The minimum Gasteiger partial charge on any atom is -0.373 e. The summed E-state index contributed by atoms with van der Waals surface area (Å²) in [5.41, 5.74) is 1.15. The molecule has 0 aromatic carbocycles. The van der Waals surface area contributed by atoms with Crippen LogP contribution in [-0.2, 0) is 6.54 Å². The highest BCUT2D eigenvalue weighted by Gasteiger charge is 2.11. The van der Waals surface area contributed by atoms with Crippen LogP contribution in [0.25, 0.3) is 0 Å². The van der Waals surface area contributed by atoms with Crippen LogP contribution < -0.4 is 5.32 Å². The van der Waals surface area contributed by atoms with Crippen molar-refractivity contribution in [1.29, 1.82) is 0 Å². The van der Waals surface area contributed by atoms with Gasteiger partial charge in [0.25, 0.3) is 0 Å². The van der Waals surface area contributed by atoms with E-state index in [1.165, 1.54) is 19.4 Å². The number of anilines is 1. The molecule has 0 fully saturated rings. The molecular formula is C15H27N3. The highest BCUT2D eigenvalue weighted by atomic mass is 15.1. The molecule has 3 heteroatoms. The van der Waals surface area contributed by atoms with Crippen molar-refractivity contribution >= 4 is 5.82 Å². The van der Waals surface area contributed by atoms with Crippen LogP contribution in [0.3, 0.4) is 0 Å². The van der Waals surface area contributed by atoms with Crippen LogP contribution in [-0.4, -0.2) is 30.0 Å². The van der Waals surface area contributed by atoms with E-state index in [4.69, 9.17) is 0 Å². The van der Waals surface area contributed by atoms with E-state index in [0.717, 1.165) is 30.5 Å². The Hall–Kier alpha value is -1.09. The molecular weight excluding hydrogens is 222 g/mol. The van der Waals surface area contributed by atoms with E-state index in [2.05, 4.69) is 48.1 Å². The summed E-state index contributed by atoms with van der Waals surface area (Å²) in [5.74, 6) is 1.75. The molecule has 0 bridgehead atoms. The summed E-state index contributed by atoms with van der Waals surface area (Å²) in [4.78, 5) is 7.07. The maximum Gasteiger partial charge on any atom is 0.126 e. The molecule has 0 saturated carbocycles. The Morgan fingerprint density at radius 1 is 1.22 bits per heavy atom. The van der Waals surface area contributed by atoms with Crippen molar-refractivity contribution in [2.75, 3.05) is 25.5 Å². The molecule has 1 N–H and O–H groups in total. The van der Waals surface area contributed by atoms with Crippen LogP contribution in [0.1, 0.15) is 39.3 Å². The Morgan fingerprint density at radius 2 is 1.94 bits per heavy atom. The Morgan fingerprint density at radius 3 is 2.50 bits per heavy atom. The van der Waals surface area contributed by atoms with E-state index >= 15 is 0 Å². The molecule has 0 spiro atoms. The van der Waals surface area contributed by atoms with Gasteiger partial charge >= 0.3 is 0 Å². The average molecular weight is 249 g/mol. The van der Waals surface area contributed by atoms with E-state index < -0.39 is 0 Å². The lowest BCUT2D eigenvalue weighted by atomic mass is 10.0. The number of nitrogens with one attached hydrogen (secondary N) is 1. The van der Waals surface area contributed by atoms with E-state index in [1.54, 1.807) is 0 Å². The molecule has 0 amide bonds. The summed E-state index contributed by atoms with van der Waals surface area (Å²) in [6.45, 7) is 9.99. The van der Waals surface area contributed by atoms with Crippen molar-refractivity contribution in [1.82, 2.24) is 9.88 Å². The number of aromatic nitrogens is 1. The summed E-state index contributed by atoms with van der Waals surface area (Å²) in [7, 11) is 1.91. The Bertz CT molecular complexity index is 334. The zero-order valence-electron chi connectivity index (χ0n) is 12.2. The van der Waals surface area contributed by atoms with Crippen LogP contribution in [0, 0.1) is 5.92 Å². The molecule has 0 aliphatic heterocycles. The van der Waals surface area contributed by atoms with Gasteiger partial charge in [-0.25, -0.2) is 4.98 Å². The lowest BCUT2D eigenvalue weighted by molar-refractivity contribution is 0.224. The van der Waals surface area contributed by atoms with E-state index in [1.807, 2.05) is 13.1 Å². The first kappa shape index (κ1) is 15.0. The van der Waals surface area contributed by atoms with Gasteiger partial charge in [0.1, 0.15) is 5.82 Å². The van der Waals surface area contributed by atoms with Crippen LogP contribution in [0.5, 0.6) is 0 Å². The highest BCUT2D eigenvalue weighted by Crippen LogP contribution is 2.13. The number of rotatable bonds is 8. The van der Waals surface area contributed by atoms with Crippen molar-refractivity contribution < 1.29 is 0 Å². The van der Waals surface area contributed by atoms with Gasteiger partial charge in [0.05, 0.1) is 5.69 Å². The largest absolute Gasteiger partial charge is 0.373 e. The molecule has 0 aliphatic rings. The smallest absolute Gasteiger partial charge is 0.126 e. The number of nitrogens with zero attached hydrogens (tertiary/aromatic N) is 2. The lowest BCUT2D eigenvalue weighted by Gasteiger charge is -2.24. The summed E-state index contributed by atoms with van der Waals surface area (Å²) in [5, 5.41) is 3.09. The first-order chi connectivity index (χ1) is 8.73. The first-order valence-electron chi connectivity index (χ1n) is 7.09. The Balaban J connectivity index is 2.61. The van der Waals surface area contributed by atoms with Gasteiger partial charge in [0.15, 0.2) is 0 Å². The van der Waals surface area contributed by atoms with Crippen molar-refractivity contribution in [3.8, 4) is 0 Å². The van der Waals surface area contributed by atoms with Gasteiger partial charge in [-0.1, -0.05) is 39.7 Å². The second kappa shape index (κ2) is 8.09. The van der Waals surface area contributed by atoms with E-state index in [9.17, 15) is 0 Å². The van der Waals surface area contributed by atoms with E-state index in [-0.39, 0.29) is 0 Å². The Labute approximate surface area is 112 Å². The molecule has 102 valence electrons.